The van der Waals surface area contributed by atoms with E-state index < -0.39 is 77.6 Å². The Balaban J connectivity index is 1.72. The molecule has 3 rings (SSSR count). The van der Waals surface area contributed by atoms with Crippen molar-refractivity contribution in [2.45, 2.75) is 73.9 Å². The van der Waals surface area contributed by atoms with Crippen LogP contribution >= 0.6 is 11.8 Å². The second kappa shape index (κ2) is 12.5. The highest BCUT2D eigenvalue weighted by atomic mass is 32.3. The number of aliphatic hydroxyl groups is 7. The van der Waals surface area contributed by atoms with E-state index in [1.807, 2.05) is 0 Å². The van der Waals surface area contributed by atoms with Crippen LogP contribution in [0.4, 0.5) is 0 Å². The largest absolute Gasteiger partial charge is 0.466 e. The third kappa shape index (κ3) is 7.71. The van der Waals surface area contributed by atoms with Crippen molar-refractivity contribution in [2.75, 3.05) is 6.61 Å². The van der Waals surface area contributed by atoms with Crippen LogP contribution in [0.15, 0.2) is 29.4 Å². The van der Waals surface area contributed by atoms with E-state index >= 15 is 0 Å². The molecule has 2 aliphatic rings. The average molecular weight is 572 g/mol. The monoisotopic (exact) mass is 571 g/mol. The second-order valence-electron chi connectivity index (χ2n) is 8.42. The molecule has 1 aromatic rings. The highest BCUT2D eigenvalue weighted by Crippen LogP contribution is 2.31. The number of oxime groups is 1. The van der Waals surface area contributed by atoms with Gasteiger partial charge in [0.25, 0.3) is 0 Å². The quantitative estimate of drug-likeness (QED) is 0.0675. The average Bonchev–Trinajstić information content (AvgIpc) is 2.85. The standard InChI is InChI=1S/C20H29NO14S2/c1-8-13(23)15(25)17(27)19(32-8)33-10-4-2-9(3-5-10)6-12(21-35-37(29,30)31)36-20-18(28)16(26)14(24)11(7-22)34-20/h2-5,8,11,13-20,22-28H,6-7H2,1H3,(H,29,30,31)/b21-12+. The lowest BCUT2D eigenvalue weighted by Gasteiger charge is -2.39. The van der Waals surface area contributed by atoms with Crippen molar-refractivity contribution in [3.05, 3.63) is 29.8 Å². The molecule has 210 valence electrons. The predicted octanol–water partition coefficient (Wildman–Crippen LogP) is -2.90. The molecule has 1 aromatic carbocycles. The predicted molar refractivity (Wildman–Crippen MR) is 125 cm³/mol. The van der Waals surface area contributed by atoms with Crippen LogP contribution in [0.25, 0.3) is 0 Å². The smallest absolute Gasteiger partial charge is 0.462 e. The topological polar surface area (TPSA) is 245 Å². The van der Waals surface area contributed by atoms with Crippen LogP contribution in [-0.2, 0) is 30.6 Å². The van der Waals surface area contributed by atoms with E-state index in [9.17, 15) is 44.2 Å². The van der Waals surface area contributed by atoms with Gasteiger partial charge in [0.2, 0.25) is 6.29 Å². The number of nitrogens with zero attached hydrogens (tertiary/aromatic N) is 1. The van der Waals surface area contributed by atoms with Gasteiger partial charge < -0.3 is 50.0 Å². The molecule has 17 heteroatoms. The fourth-order valence-electron chi connectivity index (χ4n) is 3.59. The molecule has 0 saturated carbocycles. The number of benzene rings is 1. The Labute approximate surface area is 215 Å². The van der Waals surface area contributed by atoms with E-state index in [-0.39, 0.29) is 17.2 Å². The van der Waals surface area contributed by atoms with E-state index in [1.165, 1.54) is 31.2 Å². The van der Waals surface area contributed by atoms with Gasteiger partial charge in [0.1, 0.15) is 59.0 Å². The highest BCUT2D eigenvalue weighted by molar-refractivity contribution is 8.14. The molecule has 37 heavy (non-hydrogen) atoms. The lowest BCUT2D eigenvalue weighted by atomic mass is 10.00. The summed E-state index contributed by atoms with van der Waals surface area (Å²) in [5.74, 6) is 0.220. The molecular formula is C20H29NO14S2. The molecule has 0 spiro atoms. The van der Waals surface area contributed by atoms with E-state index in [0.717, 1.165) is 0 Å². The lowest BCUT2D eigenvalue weighted by Crippen LogP contribution is -2.58. The van der Waals surface area contributed by atoms with Gasteiger partial charge in [-0.3, -0.25) is 4.55 Å². The Hall–Kier alpha value is -1.61. The summed E-state index contributed by atoms with van der Waals surface area (Å²) in [5, 5.41) is 72.5. The lowest BCUT2D eigenvalue weighted by molar-refractivity contribution is -0.268. The normalized spacial score (nSPS) is 37.3. The van der Waals surface area contributed by atoms with E-state index in [1.54, 1.807) is 0 Å². The van der Waals surface area contributed by atoms with Gasteiger partial charge in [-0.05, 0) is 24.6 Å². The molecule has 2 heterocycles. The van der Waals surface area contributed by atoms with Crippen LogP contribution in [0, 0.1) is 0 Å². The molecule has 2 aliphatic heterocycles. The van der Waals surface area contributed by atoms with Crippen molar-refractivity contribution in [1.82, 2.24) is 0 Å². The van der Waals surface area contributed by atoms with Crippen molar-refractivity contribution in [3.8, 4) is 5.75 Å². The van der Waals surface area contributed by atoms with Gasteiger partial charge in [-0.2, -0.15) is 8.42 Å². The highest BCUT2D eigenvalue weighted by Gasteiger charge is 2.45. The zero-order valence-corrected chi connectivity index (χ0v) is 20.9. The minimum Gasteiger partial charge on any atom is -0.462 e. The summed E-state index contributed by atoms with van der Waals surface area (Å²) < 4.78 is 51.3. The molecule has 0 bridgehead atoms. The number of ether oxygens (including phenoxy) is 3. The molecule has 0 aliphatic carbocycles. The van der Waals surface area contributed by atoms with Crippen LogP contribution in [0.2, 0.25) is 0 Å². The molecule has 10 atom stereocenters. The van der Waals surface area contributed by atoms with Crippen molar-refractivity contribution < 1.29 is 67.2 Å². The maximum atomic E-state index is 11.0. The molecule has 0 aromatic heterocycles. The Morgan fingerprint density at radius 1 is 0.946 bits per heavy atom. The molecule has 2 saturated heterocycles. The molecule has 0 radical (unpaired) electrons. The van der Waals surface area contributed by atoms with Crippen molar-refractivity contribution in [1.29, 1.82) is 0 Å². The molecule has 15 nitrogen and oxygen atoms in total. The Morgan fingerprint density at radius 2 is 1.57 bits per heavy atom. The Bertz CT molecular complexity index is 1020. The summed E-state index contributed by atoms with van der Waals surface area (Å²) in [5.41, 5.74) is -0.799. The SMILES string of the molecule is CC1OC(Oc2ccc(C/C(=N\OS(=O)(=O)O)SC3OC(CO)C(O)C(O)C3O)cc2)C(O)C(O)C1O. The molecular weight excluding hydrogens is 542 g/mol. The number of thioether (sulfide) groups is 1. The van der Waals surface area contributed by atoms with Gasteiger partial charge in [0.15, 0.2) is 0 Å². The Kier molecular flexibility index (Phi) is 10.1. The summed E-state index contributed by atoms with van der Waals surface area (Å²) in [6.45, 7) is 0.827. The van der Waals surface area contributed by atoms with Crippen molar-refractivity contribution in [3.63, 3.8) is 0 Å². The molecule has 0 amide bonds. The van der Waals surface area contributed by atoms with Gasteiger partial charge in [-0.15, -0.1) is 0 Å². The van der Waals surface area contributed by atoms with Crippen molar-refractivity contribution >= 4 is 27.2 Å². The van der Waals surface area contributed by atoms with Gasteiger partial charge in [-0.1, -0.05) is 29.1 Å². The molecule has 10 unspecified atom stereocenters. The molecule has 2 fully saturated rings. The summed E-state index contributed by atoms with van der Waals surface area (Å²) in [4.78, 5) is 0. The van der Waals surface area contributed by atoms with Crippen LogP contribution in [0.3, 0.4) is 0 Å². The third-order valence-corrected chi connectivity index (χ3v) is 7.05. The van der Waals surface area contributed by atoms with Gasteiger partial charge in [0, 0.05) is 6.42 Å². The Morgan fingerprint density at radius 3 is 2.16 bits per heavy atom. The summed E-state index contributed by atoms with van der Waals surface area (Å²) in [7, 11) is -4.97. The first-order valence-corrected chi connectivity index (χ1v) is 13.2. The summed E-state index contributed by atoms with van der Waals surface area (Å²) in [6.07, 6.45) is -12.6. The number of hydrogen-bond donors (Lipinski definition) is 8. The maximum absolute atomic E-state index is 11.0. The minimum absolute atomic E-state index is 0.125. The number of aliphatic hydroxyl groups excluding tert-OH is 7. The second-order valence-corrected chi connectivity index (χ2v) is 10.6. The van der Waals surface area contributed by atoms with E-state index in [0.29, 0.717) is 17.3 Å². The first-order chi connectivity index (χ1) is 17.3. The van der Waals surface area contributed by atoms with Crippen LogP contribution < -0.4 is 4.74 Å². The number of hydrogen-bond acceptors (Lipinski definition) is 15. The third-order valence-electron chi connectivity index (χ3n) is 5.67. The zero-order chi connectivity index (χ0) is 27.5. The number of rotatable bonds is 8. The summed E-state index contributed by atoms with van der Waals surface area (Å²) >= 11 is 0.627. The fourth-order valence-corrected chi connectivity index (χ4v) is 4.92. The zero-order valence-electron chi connectivity index (χ0n) is 19.3. The van der Waals surface area contributed by atoms with Gasteiger partial charge in [0.05, 0.1) is 12.7 Å². The van der Waals surface area contributed by atoms with Gasteiger partial charge in [-0.25, -0.2) is 4.28 Å². The van der Waals surface area contributed by atoms with Gasteiger partial charge >= 0.3 is 10.4 Å². The molecule has 8 N–H and O–H groups in total. The van der Waals surface area contributed by atoms with E-state index in [2.05, 4.69) is 9.44 Å². The summed E-state index contributed by atoms with van der Waals surface area (Å²) in [6, 6.07) is 5.98. The van der Waals surface area contributed by atoms with Crippen molar-refractivity contribution in [2.24, 2.45) is 5.16 Å². The minimum atomic E-state index is -4.97. The van der Waals surface area contributed by atoms with Crippen LogP contribution in [-0.4, -0.2) is 121 Å². The first kappa shape index (κ1) is 29.9. The maximum Gasteiger partial charge on any atom is 0.466 e. The van der Waals surface area contributed by atoms with Crippen LogP contribution in [0.1, 0.15) is 12.5 Å². The van der Waals surface area contributed by atoms with E-state index in [4.69, 9.17) is 18.8 Å². The first-order valence-electron chi connectivity index (χ1n) is 11.0. The van der Waals surface area contributed by atoms with Crippen LogP contribution in [0.5, 0.6) is 5.75 Å². The fraction of sp³-hybridized carbons (Fsp3) is 0.650.